The molecule has 0 aromatic heterocycles. The number of hydrogen-bond donors (Lipinski definition) is 0. The van der Waals surface area contributed by atoms with Crippen LogP contribution in [0.1, 0.15) is 33.1 Å². The summed E-state index contributed by atoms with van der Waals surface area (Å²) < 4.78 is 0. The molecule has 0 aromatic rings. The summed E-state index contributed by atoms with van der Waals surface area (Å²) in [5.41, 5.74) is 2.62. The average molecular weight is 136 g/mol. The van der Waals surface area contributed by atoms with Crippen molar-refractivity contribution in [3.8, 4) is 0 Å². The van der Waals surface area contributed by atoms with Gasteiger partial charge in [-0.15, -0.1) is 0 Å². The molecule has 55 valence electrons. The van der Waals surface area contributed by atoms with Crippen LogP contribution in [0.5, 0.6) is 0 Å². The molecular formula is C9H14N. The lowest BCUT2D eigenvalue weighted by molar-refractivity contribution is 0.791. The summed E-state index contributed by atoms with van der Waals surface area (Å²) in [6.07, 6.45) is 7.75. The average Bonchev–Trinajstić information content (AvgIpc) is 2.31. The minimum absolute atomic E-state index is 1.20. The standard InChI is InChI=1S/C9H14N/c1-3-4-5-9-6-7-10-8(9)2/h6-7H,3-5H2,1-2H3. The smallest absolute Gasteiger partial charge is 0.0405 e. The first-order chi connectivity index (χ1) is 4.84. The Morgan fingerprint density at radius 2 is 2.30 bits per heavy atom. The molecule has 10 heavy (non-hydrogen) atoms. The second kappa shape index (κ2) is 3.45. The monoisotopic (exact) mass is 136 g/mol. The van der Waals surface area contributed by atoms with E-state index in [4.69, 9.17) is 0 Å². The van der Waals surface area contributed by atoms with Crippen molar-refractivity contribution in [1.82, 2.24) is 5.32 Å². The van der Waals surface area contributed by atoms with Crippen molar-refractivity contribution in [3.63, 3.8) is 0 Å². The van der Waals surface area contributed by atoms with Crippen molar-refractivity contribution < 1.29 is 0 Å². The van der Waals surface area contributed by atoms with Gasteiger partial charge in [0.2, 0.25) is 0 Å². The molecule has 0 amide bonds. The van der Waals surface area contributed by atoms with Gasteiger partial charge >= 0.3 is 0 Å². The van der Waals surface area contributed by atoms with Gasteiger partial charge in [0.15, 0.2) is 0 Å². The number of nitrogens with zero attached hydrogens (tertiary/aromatic N) is 1. The summed E-state index contributed by atoms with van der Waals surface area (Å²) in [7, 11) is 0. The van der Waals surface area contributed by atoms with Gasteiger partial charge in [-0.3, -0.25) is 5.32 Å². The molecule has 0 N–H and O–H groups in total. The highest BCUT2D eigenvalue weighted by molar-refractivity contribution is 5.29. The van der Waals surface area contributed by atoms with Crippen LogP contribution in [0.2, 0.25) is 0 Å². The van der Waals surface area contributed by atoms with E-state index in [1.165, 1.54) is 30.5 Å². The van der Waals surface area contributed by atoms with E-state index in [0.29, 0.717) is 0 Å². The van der Waals surface area contributed by atoms with Crippen molar-refractivity contribution in [3.05, 3.63) is 23.5 Å². The van der Waals surface area contributed by atoms with Crippen LogP contribution in [0.25, 0.3) is 0 Å². The molecule has 0 fully saturated rings. The summed E-state index contributed by atoms with van der Waals surface area (Å²) in [5, 5.41) is 4.17. The van der Waals surface area contributed by atoms with Crippen LogP contribution in [0, 0.1) is 0 Å². The van der Waals surface area contributed by atoms with Crippen LogP contribution in [0.15, 0.2) is 23.5 Å². The van der Waals surface area contributed by atoms with Gasteiger partial charge in [-0.05, 0) is 31.4 Å². The third-order valence-corrected chi connectivity index (χ3v) is 1.81. The van der Waals surface area contributed by atoms with Gasteiger partial charge in [-0.25, -0.2) is 0 Å². The normalized spacial score (nSPS) is 16.2. The van der Waals surface area contributed by atoms with Gasteiger partial charge in [-0.2, -0.15) is 0 Å². The predicted octanol–water partition coefficient (Wildman–Crippen LogP) is 2.58. The molecule has 0 aromatic carbocycles. The zero-order valence-corrected chi connectivity index (χ0v) is 6.72. The summed E-state index contributed by atoms with van der Waals surface area (Å²) in [4.78, 5) is 0. The first kappa shape index (κ1) is 7.39. The topological polar surface area (TPSA) is 14.1 Å². The Balaban J connectivity index is 2.38. The van der Waals surface area contributed by atoms with Crippen LogP contribution < -0.4 is 5.32 Å². The van der Waals surface area contributed by atoms with Crippen molar-refractivity contribution in [2.45, 2.75) is 33.1 Å². The van der Waals surface area contributed by atoms with Gasteiger partial charge in [-0.1, -0.05) is 13.3 Å². The lowest BCUT2D eigenvalue weighted by atomic mass is 10.1. The molecule has 1 aliphatic heterocycles. The summed E-state index contributed by atoms with van der Waals surface area (Å²) >= 11 is 0. The fourth-order valence-corrected chi connectivity index (χ4v) is 1.07. The van der Waals surface area contributed by atoms with E-state index < -0.39 is 0 Å². The Morgan fingerprint density at radius 1 is 1.50 bits per heavy atom. The zero-order chi connectivity index (χ0) is 7.40. The van der Waals surface area contributed by atoms with E-state index in [9.17, 15) is 0 Å². The lowest BCUT2D eigenvalue weighted by Crippen LogP contribution is -1.88. The predicted molar refractivity (Wildman–Crippen MR) is 43.5 cm³/mol. The van der Waals surface area contributed by atoms with Crippen LogP contribution in [0.4, 0.5) is 0 Å². The SMILES string of the molecule is CCCCC1=C(C)[N]C=C1. The minimum atomic E-state index is 1.20. The fourth-order valence-electron chi connectivity index (χ4n) is 1.07. The number of hydrogen-bond acceptors (Lipinski definition) is 0. The maximum absolute atomic E-state index is 4.17. The molecule has 1 heteroatoms. The van der Waals surface area contributed by atoms with Gasteiger partial charge in [0.25, 0.3) is 0 Å². The number of allylic oxidation sites excluding steroid dienone is 3. The Labute approximate surface area is 62.8 Å². The fraction of sp³-hybridized carbons (Fsp3) is 0.556. The van der Waals surface area contributed by atoms with Crippen LogP contribution in [0.3, 0.4) is 0 Å². The van der Waals surface area contributed by atoms with Crippen molar-refractivity contribution >= 4 is 0 Å². The Hall–Kier alpha value is -0.720. The summed E-state index contributed by atoms with van der Waals surface area (Å²) in [6, 6.07) is 0. The Bertz CT molecular complexity index is 166. The van der Waals surface area contributed by atoms with Crippen LogP contribution >= 0.6 is 0 Å². The maximum Gasteiger partial charge on any atom is 0.0405 e. The molecule has 0 saturated carbocycles. The van der Waals surface area contributed by atoms with Gasteiger partial charge < -0.3 is 0 Å². The third kappa shape index (κ3) is 1.63. The Kier molecular flexibility index (Phi) is 2.55. The third-order valence-electron chi connectivity index (χ3n) is 1.81. The van der Waals surface area contributed by atoms with E-state index >= 15 is 0 Å². The van der Waals surface area contributed by atoms with E-state index in [0.717, 1.165) is 0 Å². The van der Waals surface area contributed by atoms with E-state index in [2.05, 4.69) is 25.2 Å². The van der Waals surface area contributed by atoms with E-state index in [-0.39, 0.29) is 0 Å². The Morgan fingerprint density at radius 3 is 2.80 bits per heavy atom. The minimum Gasteiger partial charge on any atom is -0.261 e. The second-order valence-electron chi connectivity index (χ2n) is 2.66. The van der Waals surface area contributed by atoms with Crippen LogP contribution in [-0.4, -0.2) is 0 Å². The molecule has 1 heterocycles. The molecule has 0 bridgehead atoms. The highest BCUT2D eigenvalue weighted by Gasteiger charge is 2.03. The molecule has 0 spiro atoms. The summed E-state index contributed by atoms with van der Waals surface area (Å²) in [5.74, 6) is 0. The largest absolute Gasteiger partial charge is 0.261 e. The molecule has 0 saturated heterocycles. The first-order valence-electron chi connectivity index (χ1n) is 3.91. The number of rotatable bonds is 3. The van der Waals surface area contributed by atoms with Crippen molar-refractivity contribution in [2.24, 2.45) is 0 Å². The van der Waals surface area contributed by atoms with Gasteiger partial charge in [0.1, 0.15) is 0 Å². The molecule has 1 radical (unpaired) electrons. The molecular weight excluding hydrogens is 122 g/mol. The molecule has 0 atom stereocenters. The first-order valence-corrected chi connectivity index (χ1v) is 3.91. The second-order valence-corrected chi connectivity index (χ2v) is 2.66. The summed E-state index contributed by atoms with van der Waals surface area (Å²) in [6.45, 7) is 4.29. The highest BCUT2D eigenvalue weighted by atomic mass is 14.9. The van der Waals surface area contributed by atoms with Crippen molar-refractivity contribution in [1.29, 1.82) is 0 Å². The molecule has 0 aliphatic carbocycles. The molecule has 0 unspecified atom stereocenters. The quantitative estimate of drug-likeness (QED) is 0.566. The highest BCUT2D eigenvalue weighted by Crippen LogP contribution is 2.16. The lowest BCUT2D eigenvalue weighted by Gasteiger charge is -1.98. The molecule has 1 nitrogen and oxygen atoms in total. The number of unbranched alkanes of at least 4 members (excludes halogenated alkanes) is 1. The van der Waals surface area contributed by atoms with E-state index in [1.54, 1.807) is 0 Å². The molecule has 1 rings (SSSR count). The van der Waals surface area contributed by atoms with Gasteiger partial charge in [0.05, 0.1) is 0 Å². The van der Waals surface area contributed by atoms with Crippen LogP contribution in [-0.2, 0) is 0 Å². The maximum atomic E-state index is 4.17. The molecule has 1 aliphatic rings. The zero-order valence-electron chi connectivity index (χ0n) is 6.72. The van der Waals surface area contributed by atoms with E-state index in [1.807, 2.05) is 6.20 Å². The van der Waals surface area contributed by atoms with Crippen molar-refractivity contribution in [2.75, 3.05) is 0 Å². The van der Waals surface area contributed by atoms with Gasteiger partial charge in [0, 0.05) is 11.9 Å².